The van der Waals surface area contributed by atoms with Crippen LogP contribution in [0.5, 0.6) is 0 Å². The third-order valence-electron chi connectivity index (χ3n) is 4.72. The first-order valence-electron chi connectivity index (χ1n) is 9.75. The number of rotatable bonds is 7. The second kappa shape index (κ2) is 9.51. The molecule has 0 unspecified atom stereocenters. The number of unbranched alkanes of at least 4 members (excludes halogenated alkanes) is 1. The summed E-state index contributed by atoms with van der Waals surface area (Å²) in [7, 11) is 0. The summed E-state index contributed by atoms with van der Waals surface area (Å²) in [6.45, 7) is 2.48. The van der Waals surface area contributed by atoms with Gasteiger partial charge in [0.05, 0.1) is 12.1 Å². The number of hydrogen-bond donors (Lipinski definition) is 2. The van der Waals surface area contributed by atoms with Crippen LogP contribution in [-0.2, 0) is 0 Å². The summed E-state index contributed by atoms with van der Waals surface area (Å²) in [6.07, 6.45) is 3.99. The van der Waals surface area contributed by atoms with Gasteiger partial charge in [-0.2, -0.15) is 0 Å². The molecule has 4 aromatic rings. The van der Waals surface area contributed by atoms with Crippen molar-refractivity contribution in [2.45, 2.75) is 12.8 Å². The molecule has 3 nitrogen and oxygen atoms in total. The Hall–Kier alpha value is -2.94. The Morgan fingerprint density at radius 3 is 2.86 bits per heavy atom. The van der Waals surface area contributed by atoms with Crippen LogP contribution in [0.1, 0.15) is 18.4 Å². The van der Waals surface area contributed by atoms with E-state index < -0.39 is 0 Å². The van der Waals surface area contributed by atoms with Crippen LogP contribution >= 0.6 is 11.3 Å². The molecule has 0 fully saturated rings. The average molecular weight is 404 g/mol. The van der Waals surface area contributed by atoms with Crippen molar-refractivity contribution in [1.29, 1.82) is 0 Å². The lowest BCUT2D eigenvalue weighted by Gasteiger charge is -2.09. The SMILES string of the molecule is Fc1ccc2scc(C#CCNCCCCNc3ccnc4ccccc34)c2c1. The molecule has 0 amide bonds. The minimum atomic E-state index is -0.217. The van der Waals surface area contributed by atoms with Crippen molar-refractivity contribution in [3.05, 3.63) is 71.5 Å². The summed E-state index contributed by atoms with van der Waals surface area (Å²) in [5.74, 6) is 6.07. The lowest BCUT2D eigenvalue weighted by atomic mass is 10.2. The van der Waals surface area contributed by atoms with Gasteiger partial charge in [0.15, 0.2) is 0 Å². The maximum atomic E-state index is 13.4. The first kappa shape index (κ1) is 19.4. The Balaban J connectivity index is 1.17. The molecule has 0 aliphatic heterocycles. The first-order valence-corrected chi connectivity index (χ1v) is 10.6. The van der Waals surface area contributed by atoms with E-state index in [0.29, 0.717) is 6.54 Å². The van der Waals surface area contributed by atoms with Crippen molar-refractivity contribution in [3.63, 3.8) is 0 Å². The molecule has 0 bridgehead atoms. The number of nitrogens with one attached hydrogen (secondary N) is 2. The summed E-state index contributed by atoms with van der Waals surface area (Å²) < 4.78 is 14.5. The number of halogens is 1. The van der Waals surface area contributed by atoms with E-state index >= 15 is 0 Å². The fourth-order valence-corrected chi connectivity index (χ4v) is 4.11. The third-order valence-corrected chi connectivity index (χ3v) is 5.68. The van der Waals surface area contributed by atoms with E-state index in [-0.39, 0.29) is 5.82 Å². The third kappa shape index (κ3) is 4.92. The Morgan fingerprint density at radius 2 is 1.90 bits per heavy atom. The molecule has 2 aromatic carbocycles. The van der Waals surface area contributed by atoms with Crippen LogP contribution in [0, 0.1) is 17.7 Å². The summed E-state index contributed by atoms with van der Waals surface area (Å²) >= 11 is 1.60. The number of anilines is 1. The van der Waals surface area contributed by atoms with E-state index in [1.807, 2.05) is 41.9 Å². The number of pyridine rings is 1. The molecule has 0 aliphatic rings. The van der Waals surface area contributed by atoms with Crippen LogP contribution in [-0.4, -0.2) is 24.6 Å². The maximum Gasteiger partial charge on any atom is 0.123 e. The molecule has 2 N–H and O–H groups in total. The number of aromatic nitrogens is 1. The molecule has 29 heavy (non-hydrogen) atoms. The van der Waals surface area contributed by atoms with Crippen LogP contribution < -0.4 is 10.6 Å². The molecule has 2 aromatic heterocycles. The molecule has 0 spiro atoms. The number of nitrogens with zero attached hydrogens (tertiary/aromatic N) is 1. The Kier molecular flexibility index (Phi) is 6.35. The highest BCUT2D eigenvalue weighted by molar-refractivity contribution is 7.17. The predicted octanol–water partition coefficient (Wildman–Crippen LogP) is 5.42. The Labute approximate surface area is 174 Å². The van der Waals surface area contributed by atoms with Gasteiger partial charge in [0, 0.05) is 44.8 Å². The monoisotopic (exact) mass is 403 g/mol. The van der Waals surface area contributed by atoms with Crippen LogP contribution in [0.15, 0.2) is 60.1 Å². The van der Waals surface area contributed by atoms with Crippen LogP contribution in [0.3, 0.4) is 0 Å². The molecule has 2 heterocycles. The van der Waals surface area contributed by atoms with Gasteiger partial charge in [-0.15, -0.1) is 11.3 Å². The molecule has 0 radical (unpaired) electrons. The molecular weight excluding hydrogens is 381 g/mol. The van der Waals surface area contributed by atoms with Gasteiger partial charge < -0.3 is 10.6 Å². The summed E-state index contributed by atoms with van der Waals surface area (Å²) in [5, 5.41) is 10.9. The summed E-state index contributed by atoms with van der Waals surface area (Å²) in [4.78, 5) is 4.39. The number of para-hydroxylation sites is 1. The number of benzene rings is 2. The Morgan fingerprint density at radius 1 is 1.00 bits per heavy atom. The molecule has 146 valence electrons. The van der Waals surface area contributed by atoms with Crippen molar-refractivity contribution >= 4 is 38.0 Å². The zero-order valence-corrected chi connectivity index (χ0v) is 16.9. The summed E-state index contributed by atoms with van der Waals surface area (Å²) in [6, 6.07) is 15.0. The average Bonchev–Trinajstić information content (AvgIpc) is 3.14. The predicted molar refractivity (Wildman–Crippen MR) is 121 cm³/mol. The second-order valence-corrected chi connectivity index (χ2v) is 7.69. The number of thiophene rings is 1. The molecular formula is C24H22FN3S. The van der Waals surface area contributed by atoms with Gasteiger partial charge in [0.2, 0.25) is 0 Å². The smallest absolute Gasteiger partial charge is 0.123 e. The molecule has 5 heteroatoms. The Bertz CT molecular complexity index is 1170. The minimum absolute atomic E-state index is 0.217. The van der Waals surface area contributed by atoms with Gasteiger partial charge in [0.1, 0.15) is 5.82 Å². The molecule has 0 saturated carbocycles. The highest BCUT2D eigenvalue weighted by atomic mass is 32.1. The standard InChI is InChI=1S/C24H22FN3S/c25-19-9-10-24-21(16-19)18(17-29-24)6-5-13-26-12-3-4-14-27-23-11-15-28-22-8-2-1-7-20(22)23/h1-2,7-11,15-17,26H,3-4,12-14H2,(H,27,28). The highest BCUT2D eigenvalue weighted by Gasteiger charge is 2.03. The normalized spacial score (nSPS) is 10.8. The van der Waals surface area contributed by atoms with E-state index in [2.05, 4.69) is 33.5 Å². The van der Waals surface area contributed by atoms with Gasteiger partial charge in [-0.05, 0) is 49.7 Å². The minimum Gasteiger partial charge on any atom is -0.384 e. The van der Waals surface area contributed by atoms with E-state index in [9.17, 15) is 4.39 Å². The lowest BCUT2D eigenvalue weighted by Crippen LogP contribution is -2.16. The summed E-state index contributed by atoms with van der Waals surface area (Å²) in [5.41, 5.74) is 3.05. The fraction of sp³-hybridized carbons (Fsp3) is 0.208. The van der Waals surface area contributed by atoms with Gasteiger partial charge in [-0.1, -0.05) is 30.0 Å². The van der Waals surface area contributed by atoms with Crippen molar-refractivity contribution < 1.29 is 4.39 Å². The zero-order valence-electron chi connectivity index (χ0n) is 16.0. The van der Waals surface area contributed by atoms with E-state index in [4.69, 9.17) is 0 Å². The highest BCUT2D eigenvalue weighted by Crippen LogP contribution is 2.26. The lowest BCUT2D eigenvalue weighted by molar-refractivity contribution is 0.630. The fourth-order valence-electron chi connectivity index (χ4n) is 3.24. The van der Waals surface area contributed by atoms with Crippen LogP contribution in [0.25, 0.3) is 21.0 Å². The van der Waals surface area contributed by atoms with Crippen LogP contribution in [0.2, 0.25) is 0 Å². The van der Waals surface area contributed by atoms with E-state index in [0.717, 1.165) is 58.2 Å². The van der Waals surface area contributed by atoms with Crippen LogP contribution in [0.4, 0.5) is 10.1 Å². The number of fused-ring (bicyclic) bond motifs is 2. The molecule has 0 aliphatic carbocycles. The van der Waals surface area contributed by atoms with Crippen molar-refractivity contribution in [1.82, 2.24) is 10.3 Å². The molecule has 4 rings (SSSR count). The van der Waals surface area contributed by atoms with Crippen molar-refractivity contribution in [3.8, 4) is 11.8 Å². The number of hydrogen-bond acceptors (Lipinski definition) is 4. The topological polar surface area (TPSA) is 37.0 Å². The van der Waals surface area contributed by atoms with Gasteiger partial charge in [-0.25, -0.2) is 4.39 Å². The quantitative estimate of drug-likeness (QED) is 0.319. The largest absolute Gasteiger partial charge is 0.384 e. The molecule has 0 saturated heterocycles. The van der Waals surface area contributed by atoms with Gasteiger partial charge in [-0.3, -0.25) is 4.98 Å². The maximum absolute atomic E-state index is 13.4. The van der Waals surface area contributed by atoms with Crippen molar-refractivity contribution in [2.24, 2.45) is 0 Å². The van der Waals surface area contributed by atoms with Gasteiger partial charge in [0.25, 0.3) is 0 Å². The van der Waals surface area contributed by atoms with Crippen molar-refractivity contribution in [2.75, 3.05) is 25.0 Å². The van der Waals surface area contributed by atoms with Gasteiger partial charge >= 0.3 is 0 Å². The first-order chi connectivity index (χ1) is 14.3. The van der Waals surface area contributed by atoms with E-state index in [1.54, 1.807) is 17.4 Å². The second-order valence-electron chi connectivity index (χ2n) is 6.78. The van der Waals surface area contributed by atoms with E-state index in [1.165, 1.54) is 6.07 Å². The molecule has 0 atom stereocenters. The zero-order chi connectivity index (χ0) is 19.9.